The van der Waals surface area contributed by atoms with Crippen molar-refractivity contribution in [3.05, 3.63) is 0 Å². The Bertz CT molecular complexity index is 253. The zero-order valence-electron chi connectivity index (χ0n) is 7.17. The molecule has 0 aliphatic heterocycles. The minimum Gasteiger partial charge on any atom is -0.0585 e. The maximum Gasteiger partial charge on any atom is -0.0198 e. The van der Waals surface area contributed by atoms with Crippen LogP contribution in [0.5, 0.6) is 0 Å². The number of hydrogen-bond acceptors (Lipinski definition) is 0. The third-order valence-electron chi connectivity index (χ3n) is 7.09. The van der Waals surface area contributed by atoms with E-state index in [0.717, 1.165) is 10.8 Å². The van der Waals surface area contributed by atoms with Crippen molar-refractivity contribution in [3.8, 4) is 0 Å². The molecule has 6 aliphatic rings. The number of hydrogen-bond donors (Lipinski definition) is 0. The molecule has 6 saturated carbocycles. The molecule has 6 fully saturated rings. The van der Waals surface area contributed by atoms with E-state index in [1.54, 1.807) is 6.42 Å². The lowest BCUT2D eigenvalue weighted by molar-refractivity contribution is -0.498. The van der Waals surface area contributed by atoms with Crippen molar-refractivity contribution in [1.29, 1.82) is 0 Å². The minimum atomic E-state index is 0.889. The van der Waals surface area contributed by atoms with Crippen LogP contribution in [0.3, 0.4) is 0 Å². The van der Waals surface area contributed by atoms with Gasteiger partial charge in [-0.15, -0.1) is 0 Å². The topological polar surface area (TPSA) is 0 Å². The normalized spacial score (nSPS) is 96.5. The van der Waals surface area contributed by atoms with Gasteiger partial charge in [-0.1, -0.05) is 13.8 Å². The van der Waals surface area contributed by atoms with Gasteiger partial charge in [0.25, 0.3) is 0 Å². The van der Waals surface area contributed by atoms with Crippen molar-refractivity contribution in [1.82, 2.24) is 0 Å². The van der Waals surface area contributed by atoms with Crippen molar-refractivity contribution < 1.29 is 0 Å². The number of rotatable bonds is 0. The van der Waals surface area contributed by atoms with Crippen LogP contribution in [0.1, 0.15) is 20.3 Å². The first-order chi connectivity index (χ1) is 5.22. The molecule has 6 aliphatic carbocycles. The zero-order valence-corrected chi connectivity index (χ0v) is 7.17. The standard InChI is InChI=1S/C11H14/c1-10-6-4-3-5-8(6)11(10,2)9(5)7(4)10/h4-9H,3H2,1-2H3/t4?,5?,6-,7-,8+,9+,10?,11?. The predicted octanol–water partition coefficient (Wildman–Crippen LogP) is 2.15. The highest BCUT2D eigenvalue weighted by molar-refractivity contribution is 5.47. The van der Waals surface area contributed by atoms with Crippen LogP contribution in [0.4, 0.5) is 0 Å². The second kappa shape index (κ2) is 0.843. The van der Waals surface area contributed by atoms with E-state index in [2.05, 4.69) is 13.8 Å². The Kier molecular flexibility index (Phi) is 0.375. The third-order valence-corrected chi connectivity index (χ3v) is 7.09. The van der Waals surface area contributed by atoms with Crippen LogP contribution in [0.2, 0.25) is 0 Å². The predicted molar refractivity (Wildman–Crippen MR) is 41.8 cm³/mol. The second-order valence-electron chi connectivity index (χ2n) is 6.23. The Balaban J connectivity index is 1.89. The van der Waals surface area contributed by atoms with Gasteiger partial charge in [0.2, 0.25) is 0 Å². The Morgan fingerprint density at radius 1 is 0.818 bits per heavy atom. The van der Waals surface area contributed by atoms with Gasteiger partial charge in [-0.2, -0.15) is 0 Å². The highest BCUT2D eigenvalue weighted by Gasteiger charge is 3.00. The van der Waals surface area contributed by atoms with Gasteiger partial charge < -0.3 is 0 Å². The molecule has 0 spiro atoms. The van der Waals surface area contributed by atoms with Crippen LogP contribution in [0, 0.1) is 46.3 Å². The highest BCUT2D eigenvalue weighted by atomic mass is 15.0. The van der Waals surface area contributed by atoms with E-state index in [1.165, 1.54) is 35.5 Å². The van der Waals surface area contributed by atoms with Crippen molar-refractivity contribution in [2.45, 2.75) is 20.3 Å². The van der Waals surface area contributed by atoms with E-state index in [9.17, 15) is 0 Å². The van der Waals surface area contributed by atoms with Crippen molar-refractivity contribution in [2.24, 2.45) is 46.3 Å². The molecule has 0 aromatic heterocycles. The van der Waals surface area contributed by atoms with Gasteiger partial charge in [0.15, 0.2) is 0 Å². The molecule has 0 radical (unpaired) electrons. The summed E-state index contributed by atoms with van der Waals surface area (Å²) in [6, 6.07) is 0. The van der Waals surface area contributed by atoms with Crippen LogP contribution < -0.4 is 0 Å². The average Bonchev–Trinajstić information content (AvgIpc) is 2.40. The first-order valence-corrected chi connectivity index (χ1v) is 5.22. The van der Waals surface area contributed by atoms with Gasteiger partial charge >= 0.3 is 0 Å². The summed E-state index contributed by atoms with van der Waals surface area (Å²) >= 11 is 0. The van der Waals surface area contributed by atoms with E-state index < -0.39 is 0 Å². The molecule has 4 atom stereocenters. The molecule has 0 amide bonds. The largest absolute Gasteiger partial charge is 0.0585 e. The van der Waals surface area contributed by atoms with Gasteiger partial charge in [-0.05, 0) is 52.8 Å². The first kappa shape index (κ1) is 4.89. The maximum atomic E-state index is 2.59. The van der Waals surface area contributed by atoms with Crippen molar-refractivity contribution in [2.75, 3.05) is 0 Å². The summed E-state index contributed by atoms with van der Waals surface area (Å²) in [5.74, 6) is 7.39. The fourth-order valence-electron chi connectivity index (χ4n) is 7.13. The van der Waals surface area contributed by atoms with Crippen LogP contribution in [0.15, 0.2) is 0 Å². The lowest BCUT2D eigenvalue weighted by atomic mass is 9.08. The van der Waals surface area contributed by atoms with Crippen molar-refractivity contribution >= 4 is 0 Å². The molecule has 6 rings (SSSR count). The molecular formula is C11H14. The molecule has 0 aromatic rings. The molecule has 0 unspecified atom stereocenters. The summed E-state index contributed by atoms with van der Waals surface area (Å²) in [5.41, 5.74) is 1.78. The van der Waals surface area contributed by atoms with Crippen LogP contribution in [-0.2, 0) is 0 Å². The fourth-order valence-corrected chi connectivity index (χ4v) is 7.13. The summed E-state index contributed by atoms with van der Waals surface area (Å²) < 4.78 is 0. The molecule has 0 N–H and O–H groups in total. The second-order valence-corrected chi connectivity index (χ2v) is 6.23. The Morgan fingerprint density at radius 3 is 1.55 bits per heavy atom. The van der Waals surface area contributed by atoms with Gasteiger partial charge in [-0.25, -0.2) is 0 Å². The van der Waals surface area contributed by atoms with Crippen molar-refractivity contribution in [3.63, 3.8) is 0 Å². The van der Waals surface area contributed by atoms with E-state index >= 15 is 0 Å². The van der Waals surface area contributed by atoms with Crippen LogP contribution in [0.25, 0.3) is 0 Å². The lowest BCUT2D eigenvalue weighted by Gasteiger charge is -2.96. The maximum absolute atomic E-state index is 2.59. The molecule has 11 heavy (non-hydrogen) atoms. The van der Waals surface area contributed by atoms with Crippen LogP contribution in [-0.4, -0.2) is 0 Å². The average molecular weight is 146 g/mol. The zero-order chi connectivity index (χ0) is 7.17. The molecule has 0 saturated heterocycles. The fraction of sp³-hybridized carbons (Fsp3) is 1.00. The smallest absolute Gasteiger partial charge is 0.0198 e. The minimum absolute atomic E-state index is 0.889. The van der Waals surface area contributed by atoms with E-state index in [1.807, 2.05) is 0 Å². The molecule has 0 aromatic carbocycles. The summed E-state index contributed by atoms with van der Waals surface area (Å²) in [4.78, 5) is 0. The van der Waals surface area contributed by atoms with E-state index in [4.69, 9.17) is 0 Å². The molecule has 58 valence electrons. The summed E-state index contributed by atoms with van der Waals surface area (Å²) in [6.07, 6.45) is 1.65. The molecule has 0 heteroatoms. The molecule has 2 bridgehead atoms. The monoisotopic (exact) mass is 146 g/mol. The van der Waals surface area contributed by atoms with Gasteiger partial charge in [0, 0.05) is 0 Å². The lowest BCUT2D eigenvalue weighted by Crippen LogP contribution is -2.93. The summed E-state index contributed by atoms with van der Waals surface area (Å²) in [7, 11) is 0. The molecular weight excluding hydrogens is 132 g/mol. The van der Waals surface area contributed by atoms with Gasteiger partial charge in [0.1, 0.15) is 0 Å². The Hall–Kier alpha value is 0. The summed E-state index contributed by atoms with van der Waals surface area (Å²) in [6.45, 7) is 5.18. The third kappa shape index (κ3) is 0.172. The van der Waals surface area contributed by atoms with Crippen LogP contribution >= 0.6 is 0 Å². The molecule has 0 nitrogen and oxygen atoms in total. The van der Waals surface area contributed by atoms with Gasteiger partial charge in [-0.3, -0.25) is 0 Å². The highest BCUT2D eigenvalue weighted by Crippen LogP contribution is 3.04. The SMILES string of the molecule is CC12[C@@H]3C4CC5[C@@H]3C1(C)[C@@H]5[C@@H]42. The van der Waals surface area contributed by atoms with E-state index in [0.29, 0.717) is 0 Å². The first-order valence-electron chi connectivity index (χ1n) is 5.22. The summed E-state index contributed by atoms with van der Waals surface area (Å²) in [5, 5.41) is 0. The Labute approximate surface area is 67.4 Å². The molecule has 0 heterocycles. The quantitative estimate of drug-likeness (QED) is 0.491. The van der Waals surface area contributed by atoms with E-state index in [-0.39, 0.29) is 0 Å². The van der Waals surface area contributed by atoms with Gasteiger partial charge in [0.05, 0.1) is 0 Å². The Morgan fingerprint density at radius 2 is 1.18 bits per heavy atom.